The monoisotopic (exact) mass is 227 g/mol. The van der Waals surface area contributed by atoms with Gasteiger partial charge in [0.1, 0.15) is 0 Å². The van der Waals surface area contributed by atoms with E-state index in [-0.39, 0.29) is 17.7 Å². The predicted octanol–water partition coefficient (Wildman–Crippen LogP) is 1.58. The van der Waals surface area contributed by atoms with Gasteiger partial charge in [-0.25, -0.2) is 13.1 Å². The molecule has 2 atom stereocenters. The van der Waals surface area contributed by atoms with Gasteiger partial charge in [0.2, 0.25) is 10.0 Å². The van der Waals surface area contributed by atoms with Gasteiger partial charge in [-0.3, -0.25) is 0 Å². The van der Waals surface area contributed by atoms with Crippen LogP contribution in [0.5, 0.6) is 0 Å². The minimum absolute atomic E-state index is 0.00298. The molecule has 0 aromatic carbocycles. The highest BCUT2D eigenvalue weighted by atomic mass is 35.5. The molecule has 0 fully saturated rings. The molecule has 0 rings (SSSR count). The second-order valence-electron chi connectivity index (χ2n) is 3.47. The molecule has 0 aliphatic carbocycles. The Morgan fingerprint density at radius 1 is 1.38 bits per heavy atom. The van der Waals surface area contributed by atoms with Crippen molar-refractivity contribution in [1.29, 1.82) is 0 Å². The molecule has 0 aliphatic heterocycles. The van der Waals surface area contributed by atoms with Crippen LogP contribution in [0.15, 0.2) is 0 Å². The molecule has 0 spiro atoms. The predicted molar refractivity (Wildman–Crippen MR) is 56.6 cm³/mol. The van der Waals surface area contributed by atoms with Gasteiger partial charge in [0, 0.05) is 11.9 Å². The normalized spacial score (nSPS) is 16.9. The van der Waals surface area contributed by atoms with E-state index >= 15 is 0 Å². The minimum Gasteiger partial charge on any atom is -0.212 e. The first-order valence-electron chi connectivity index (χ1n) is 4.47. The van der Waals surface area contributed by atoms with Gasteiger partial charge in [-0.15, -0.1) is 11.6 Å². The molecule has 0 saturated heterocycles. The maximum absolute atomic E-state index is 11.4. The second-order valence-corrected chi connectivity index (χ2v) is 5.58. The van der Waals surface area contributed by atoms with Crippen molar-refractivity contribution in [2.45, 2.75) is 33.2 Å². The van der Waals surface area contributed by atoms with E-state index in [0.29, 0.717) is 5.88 Å². The molecule has 0 amide bonds. The quantitative estimate of drug-likeness (QED) is 0.701. The first-order chi connectivity index (χ1) is 5.91. The Labute approximate surface area is 85.9 Å². The standard InChI is InChI=1S/C8H18ClNO2S/c1-4-8(3)10-13(11,12)6-7(2)5-9/h7-8,10H,4-6H2,1-3H3. The summed E-state index contributed by atoms with van der Waals surface area (Å²) in [5.41, 5.74) is 0. The first kappa shape index (κ1) is 13.2. The molecule has 2 unspecified atom stereocenters. The SMILES string of the molecule is CCC(C)NS(=O)(=O)CC(C)CCl. The molecule has 0 radical (unpaired) electrons. The summed E-state index contributed by atoms with van der Waals surface area (Å²) in [7, 11) is -3.14. The van der Waals surface area contributed by atoms with Crippen molar-refractivity contribution >= 4 is 21.6 Å². The fraction of sp³-hybridized carbons (Fsp3) is 1.00. The number of sulfonamides is 1. The maximum atomic E-state index is 11.4. The largest absolute Gasteiger partial charge is 0.212 e. The molecule has 0 heterocycles. The lowest BCUT2D eigenvalue weighted by Crippen LogP contribution is -2.35. The van der Waals surface area contributed by atoms with E-state index in [1.165, 1.54) is 0 Å². The first-order valence-corrected chi connectivity index (χ1v) is 6.66. The van der Waals surface area contributed by atoms with Crippen molar-refractivity contribution in [3.8, 4) is 0 Å². The number of hydrogen-bond acceptors (Lipinski definition) is 2. The van der Waals surface area contributed by atoms with E-state index < -0.39 is 10.0 Å². The summed E-state index contributed by atoms with van der Waals surface area (Å²) in [6, 6.07) is 0.00697. The lowest BCUT2D eigenvalue weighted by atomic mass is 10.3. The van der Waals surface area contributed by atoms with Crippen LogP contribution in [-0.2, 0) is 10.0 Å². The van der Waals surface area contributed by atoms with Crippen LogP contribution in [0.1, 0.15) is 27.2 Å². The van der Waals surface area contributed by atoms with Gasteiger partial charge in [-0.05, 0) is 19.3 Å². The molecule has 0 bridgehead atoms. The van der Waals surface area contributed by atoms with Gasteiger partial charge in [0.15, 0.2) is 0 Å². The zero-order valence-corrected chi connectivity index (χ0v) is 9.95. The van der Waals surface area contributed by atoms with E-state index in [2.05, 4.69) is 4.72 Å². The van der Waals surface area contributed by atoms with Crippen LogP contribution in [-0.4, -0.2) is 26.1 Å². The zero-order chi connectivity index (χ0) is 10.5. The minimum atomic E-state index is -3.14. The fourth-order valence-corrected chi connectivity index (χ4v) is 2.84. The van der Waals surface area contributed by atoms with Gasteiger partial charge in [0.05, 0.1) is 5.75 Å². The molecule has 3 nitrogen and oxygen atoms in total. The Kier molecular flexibility index (Phi) is 5.92. The Morgan fingerprint density at radius 2 is 1.92 bits per heavy atom. The average molecular weight is 228 g/mol. The number of hydrogen-bond donors (Lipinski definition) is 1. The van der Waals surface area contributed by atoms with Crippen LogP contribution in [0.25, 0.3) is 0 Å². The van der Waals surface area contributed by atoms with E-state index in [4.69, 9.17) is 11.6 Å². The van der Waals surface area contributed by atoms with E-state index in [1.807, 2.05) is 20.8 Å². The Bertz CT molecular complexity index is 210. The maximum Gasteiger partial charge on any atom is 0.212 e. The lowest BCUT2D eigenvalue weighted by Gasteiger charge is -2.13. The smallest absolute Gasteiger partial charge is 0.212 e. The summed E-state index contributed by atoms with van der Waals surface area (Å²) in [6.45, 7) is 5.61. The van der Waals surface area contributed by atoms with Gasteiger partial charge in [0.25, 0.3) is 0 Å². The Balaban J connectivity index is 4.09. The summed E-state index contributed by atoms with van der Waals surface area (Å²) >= 11 is 5.54. The van der Waals surface area contributed by atoms with Gasteiger partial charge >= 0.3 is 0 Å². The summed E-state index contributed by atoms with van der Waals surface area (Å²) in [6.07, 6.45) is 0.800. The third kappa shape index (κ3) is 6.29. The highest BCUT2D eigenvalue weighted by Crippen LogP contribution is 2.03. The average Bonchev–Trinajstić information content (AvgIpc) is 2.02. The van der Waals surface area contributed by atoms with Crippen LogP contribution in [0, 0.1) is 5.92 Å². The molecule has 13 heavy (non-hydrogen) atoms. The number of nitrogens with one attached hydrogen (secondary N) is 1. The van der Waals surface area contributed by atoms with E-state index in [9.17, 15) is 8.42 Å². The highest BCUT2D eigenvalue weighted by molar-refractivity contribution is 7.89. The van der Waals surface area contributed by atoms with Crippen LogP contribution in [0.2, 0.25) is 0 Å². The van der Waals surface area contributed by atoms with Crippen molar-refractivity contribution in [2.75, 3.05) is 11.6 Å². The van der Waals surface area contributed by atoms with Crippen LogP contribution >= 0.6 is 11.6 Å². The van der Waals surface area contributed by atoms with Gasteiger partial charge in [-0.2, -0.15) is 0 Å². The number of halogens is 1. The zero-order valence-electron chi connectivity index (χ0n) is 8.38. The Hall–Kier alpha value is 0.200. The Morgan fingerprint density at radius 3 is 2.31 bits per heavy atom. The van der Waals surface area contributed by atoms with E-state index in [1.54, 1.807) is 0 Å². The molecular formula is C8H18ClNO2S. The molecule has 80 valence electrons. The van der Waals surface area contributed by atoms with Crippen LogP contribution in [0.3, 0.4) is 0 Å². The highest BCUT2D eigenvalue weighted by Gasteiger charge is 2.16. The van der Waals surface area contributed by atoms with Gasteiger partial charge in [-0.1, -0.05) is 13.8 Å². The molecule has 1 N–H and O–H groups in total. The second kappa shape index (κ2) is 5.83. The van der Waals surface area contributed by atoms with Crippen LogP contribution in [0.4, 0.5) is 0 Å². The number of alkyl halides is 1. The topological polar surface area (TPSA) is 46.2 Å². The van der Waals surface area contributed by atoms with Gasteiger partial charge < -0.3 is 0 Å². The van der Waals surface area contributed by atoms with Crippen molar-refractivity contribution in [1.82, 2.24) is 4.72 Å². The van der Waals surface area contributed by atoms with E-state index in [0.717, 1.165) is 6.42 Å². The number of rotatable bonds is 6. The van der Waals surface area contributed by atoms with Crippen molar-refractivity contribution < 1.29 is 8.42 Å². The third-order valence-corrected chi connectivity index (χ3v) is 4.06. The van der Waals surface area contributed by atoms with Crippen LogP contribution < -0.4 is 4.72 Å². The van der Waals surface area contributed by atoms with Crippen molar-refractivity contribution in [2.24, 2.45) is 5.92 Å². The molecule has 0 aromatic heterocycles. The molecular weight excluding hydrogens is 210 g/mol. The summed E-state index contributed by atoms with van der Waals surface area (Å²) in [4.78, 5) is 0. The summed E-state index contributed by atoms with van der Waals surface area (Å²) < 4.78 is 25.4. The molecule has 0 saturated carbocycles. The lowest BCUT2D eigenvalue weighted by molar-refractivity contribution is 0.545. The molecule has 0 aromatic rings. The summed E-state index contributed by atoms with van der Waals surface area (Å²) in [5.74, 6) is 0.491. The fourth-order valence-electron chi connectivity index (χ4n) is 0.857. The van der Waals surface area contributed by atoms with Crippen molar-refractivity contribution in [3.63, 3.8) is 0 Å². The van der Waals surface area contributed by atoms with Crippen molar-refractivity contribution in [3.05, 3.63) is 0 Å². The molecule has 0 aliphatic rings. The molecule has 5 heteroatoms. The third-order valence-electron chi connectivity index (χ3n) is 1.76. The summed E-state index contributed by atoms with van der Waals surface area (Å²) in [5, 5.41) is 0.